The number of hydrogen-bond acceptors (Lipinski definition) is 6. The minimum absolute atomic E-state index is 0.0538. The fourth-order valence-corrected chi connectivity index (χ4v) is 2.62. The number of ether oxygens (including phenoxy) is 2. The molecule has 0 bridgehead atoms. The zero-order valence-corrected chi connectivity index (χ0v) is 15.5. The van der Waals surface area contributed by atoms with Gasteiger partial charge in [-0.3, -0.25) is 10.1 Å². The van der Waals surface area contributed by atoms with E-state index < -0.39 is 16.9 Å². The highest BCUT2D eigenvalue weighted by Gasteiger charge is 2.15. The predicted molar refractivity (Wildman–Crippen MR) is 99.8 cm³/mol. The van der Waals surface area contributed by atoms with Crippen molar-refractivity contribution in [3.05, 3.63) is 58.4 Å². The summed E-state index contributed by atoms with van der Waals surface area (Å²) in [5.41, 5.74) is 0.138. The Morgan fingerprint density at radius 2 is 1.59 bits per heavy atom. The molecule has 2 aromatic carbocycles. The van der Waals surface area contributed by atoms with Gasteiger partial charge in [0.2, 0.25) is 0 Å². The number of nitro groups is 1. The van der Waals surface area contributed by atoms with Crippen molar-refractivity contribution in [1.82, 2.24) is 0 Å². The smallest absolute Gasteiger partial charge is 0.395 e. The van der Waals surface area contributed by atoms with Crippen LogP contribution in [-0.2, 0) is 0 Å². The Hall–Kier alpha value is -2.58. The highest BCUT2D eigenvalue weighted by Crippen LogP contribution is 2.25. The van der Waals surface area contributed by atoms with Gasteiger partial charge < -0.3 is 14.4 Å². The lowest BCUT2D eigenvalue weighted by Gasteiger charge is -2.23. The maximum atomic E-state index is 14.3. The molecule has 0 aromatic heterocycles. The van der Waals surface area contributed by atoms with Crippen LogP contribution in [0.15, 0.2) is 42.5 Å². The van der Waals surface area contributed by atoms with E-state index in [1.807, 2.05) is 0 Å². The molecule has 0 saturated carbocycles. The summed E-state index contributed by atoms with van der Waals surface area (Å²) in [7, 11) is 0. The number of nitro benzene ring substituents is 1. The molecule has 0 spiro atoms. The summed E-state index contributed by atoms with van der Waals surface area (Å²) in [4.78, 5) is 23.5. The second-order valence-electron chi connectivity index (χ2n) is 5.18. The largest absolute Gasteiger partial charge is 0.519 e. The first kappa shape index (κ1) is 20.7. The molecule has 0 unspecified atom stereocenters. The Kier molecular flexibility index (Phi) is 7.63. The number of rotatable bonds is 8. The van der Waals surface area contributed by atoms with Gasteiger partial charge in [-0.2, -0.15) is 0 Å². The maximum Gasteiger partial charge on any atom is 0.519 e. The summed E-state index contributed by atoms with van der Waals surface area (Å²) < 4.78 is 24.1. The molecule has 7 nitrogen and oxygen atoms in total. The van der Waals surface area contributed by atoms with Crippen LogP contribution in [0.1, 0.15) is 0 Å². The summed E-state index contributed by atoms with van der Waals surface area (Å²) in [6, 6.07) is 8.76. The van der Waals surface area contributed by atoms with E-state index in [0.717, 1.165) is 6.07 Å². The molecule has 0 heterocycles. The molecule has 0 amide bonds. The molecular formula is C17H15Cl2FN2O5. The van der Waals surface area contributed by atoms with E-state index in [0.29, 0.717) is 24.8 Å². The number of halogens is 3. The van der Waals surface area contributed by atoms with Crippen molar-refractivity contribution in [2.45, 2.75) is 0 Å². The number of hydrogen-bond donors (Lipinski definition) is 0. The number of carbonyl (C=O) groups excluding carboxylic acids is 1. The Morgan fingerprint density at radius 3 is 2.11 bits per heavy atom. The van der Waals surface area contributed by atoms with Gasteiger partial charge in [0.15, 0.2) is 0 Å². The summed E-state index contributed by atoms with van der Waals surface area (Å²) in [6.07, 6.45) is -1.10. The molecule has 0 aliphatic carbocycles. The van der Waals surface area contributed by atoms with E-state index in [2.05, 4.69) is 0 Å². The van der Waals surface area contributed by atoms with Crippen molar-refractivity contribution >= 4 is 40.7 Å². The lowest BCUT2D eigenvalue weighted by atomic mass is 10.2. The Labute approximate surface area is 164 Å². The Bertz CT molecular complexity index is 798. The van der Waals surface area contributed by atoms with Crippen LogP contribution in [0, 0.1) is 15.9 Å². The first-order valence-corrected chi connectivity index (χ1v) is 8.82. The van der Waals surface area contributed by atoms with Gasteiger partial charge in [0, 0.05) is 43.0 Å². The third kappa shape index (κ3) is 5.97. The average Bonchev–Trinajstić information content (AvgIpc) is 2.62. The predicted octanol–water partition coefficient (Wildman–Crippen LogP) is 4.60. The second-order valence-corrected chi connectivity index (χ2v) is 5.94. The third-order valence-corrected chi connectivity index (χ3v) is 3.76. The molecule has 0 atom stereocenters. The van der Waals surface area contributed by atoms with Crippen molar-refractivity contribution in [3.8, 4) is 11.5 Å². The van der Waals surface area contributed by atoms with E-state index >= 15 is 0 Å². The van der Waals surface area contributed by atoms with Crippen LogP contribution in [0.25, 0.3) is 0 Å². The van der Waals surface area contributed by atoms with Crippen LogP contribution in [0.3, 0.4) is 0 Å². The Morgan fingerprint density at radius 1 is 1.04 bits per heavy atom. The molecule has 0 aliphatic rings. The van der Waals surface area contributed by atoms with Crippen LogP contribution in [0.2, 0.25) is 0 Å². The zero-order chi connectivity index (χ0) is 19.8. The summed E-state index contributed by atoms with van der Waals surface area (Å²) >= 11 is 11.4. The van der Waals surface area contributed by atoms with Crippen LogP contribution in [0.5, 0.6) is 11.5 Å². The summed E-state index contributed by atoms with van der Waals surface area (Å²) in [5.74, 6) is -0.00411. The first-order chi connectivity index (χ1) is 12.9. The van der Waals surface area contributed by atoms with E-state index in [-0.39, 0.29) is 22.9 Å². The fraction of sp³-hybridized carbons (Fsp3) is 0.235. The quantitative estimate of drug-likeness (QED) is 0.205. The summed E-state index contributed by atoms with van der Waals surface area (Å²) in [6.45, 7) is 0.821. The van der Waals surface area contributed by atoms with Crippen LogP contribution in [-0.4, -0.2) is 35.9 Å². The second kappa shape index (κ2) is 9.94. The number of non-ortho nitro benzene ring substituents is 1. The van der Waals surface area contributed by atoms with Crippen molar-refractivity contribution < 1.29 is 23.6 Å². The third-order valence-electron chi connectivity index (χ3n) is 3.42. The molecule has 0 N–H and O–H groups in total. The average molecular weight is 417 g/mol. The molecule has 2 rings (SSSR count). The first-order valence-electron chi connectivity index (χ1n) is 7.75. The van der Waals surface area contributed by atoms with Gasteiger partial charge in [-0.1, -0.05) is 0 Å². The van der Waals surface area contributed by atoms with Crippen molar-refractivity contribution in [2.75, 3.05) is 29.7 Å². The maximum absolute atomic E-state index is 14.3. The van der Waals surface area contributed by atoms with Crippen LogP contribution >= 0.6 is 23.2 Å². The van der Waals surface area contributed by atoms with Crippen molar-refractivity contribution in [1.29, 1.82) is 0 Å². The van der Waals surface area contributed by atoms with Crippen molar-refractivity contribution in [2.24, 2.45) is 0 Å². The number of benzene rings is 2. The SMILES string of the molecule is O=C(Oc1ccc([N+](=O)[O-])cc1)Oc1ccc(N(CCCl)CCCl)c(F)c1. The van der Waals surface area contributed by atoms with Crippen LogP contribution in [0.4, 0.5) is 20.6 Å². The monoisotopic (exact) mass is 416 g/mol. The van der Waals surface area contributed by atoms with E-state index in [4.69, 9.17) is 32.7 Å². The molecule has 0 saturated heterocycles. The highest BCUT2D eigenvalue weighted by atomic mass is 35.5. The van der Waals surface area contributed by atoms with E-state index in [1.165, 1.54) is 36.4 Å². The molecule has 2 aromatic rings. The van der Waals surface area contributed by atoms with Gasteiger partial charge >= 0.3 is 6.16 Å². The van der Waals surface area contributed by atoms with Gasteiger partial charge in [-0.15, -0.1) is 23.2 Å². The number of alkyl halides is 2. The van der Waals surface area contributed by atoms with Gasteiger partial charge in [0.1, 0.15) is 17.3 Å². The molecule has 0 radical (unpaired) electrons. The van der Waals surface area contributed by atoms with E-state index in [9.17, 15) is 19.3 Å². The van der Waals surface area contributed by atoms with E-state index in [1.54, 1.807) is 4.90 Å². The fourth-order valence-electron chi connectivity index (χ4n) is 2.21. The zero-order valence-electron chi connectivity index (χ0n) is 13.9. The summed E-state index contributed by atoms with van der Waals surface area (Å²) in [5, 5.41) is 10.6. The number of anilines is 1. The Balaban J connectivity index is 2.03. The van der Waals surface area contributed by atoms with Gasteiger partial charge in [0.25, 0.3) is 5.69 Å². The molecule has 144 valence electrons. The number of nitrogens with zero attached hydrogens (tertiary/aromatic N) is 2. The molecule has 10 heteroatoms. The lowest BCUT2D eigenvalue weighted by Crippen LogP contribution is -2.28. The number of carbonyl (C=O) groups is 1. The standard InChI is InChI=1S/C17H15Cl2FN2O5/c18-7-9-21(10-8-19)16-6-5-14(11-15(16)20)27-17(23)26-13-3-1-12(2-4-13)22(24)25/h1-6,11H,7-10H2. The molecule has 27 heavy (non-hydrogen) atoms. The van der Waals surface area contributed by atoms with Gasteiger partial charge in [-0.25, -0.2) is 9.18 Å². The minimum atomic E-state index is -1.10. The highest BCUT2D eigenvalue weighted by molar-refractivity contribution is 6.18. The van der Waals surface area contributed by atoms with Crippen LogP contribution < -0.4 is 14.4 Å². The normalized spacial score (nSPS) is 10.3. The molecular weight excluding hydrogens is 402 g/mol. The minimum Gasteiger partial charge on any atom is -0.395 e. The molecule has 0 fully saturated rings. The lowest BCUT2D eigenvalue weighted by molar-refractivity contribution is -0.384. The topological polar surface area (TPSA) is 81.9 Å². The molecule has 0 aliphatic heterocycles. The van der Waals surface area contributed by atoms with Crippen molar-refractivity contribution in [3.63, 3.8) is 0 Å². The van der Waals surface area contributed by atoms with Gasteiger partial charge in [-0.05, 0) is 24.3 Å². The van der Waals surface area contributed by atoms with Gasteiger partial charge in [0.05, 0.1) is 10.6 Å².